The van der Waals surface area contributed by atoms with Crippen molar-refractivity contribution in [1.29, 1.82) is 0 Å². The second kappa shape index (κ2) is 5.79. The van der Waals surface area contributed by atoms with Gasteiger partial charge in [-0.2, -0.15) is 0 Å². The van der Waals surface area contributed by atoms with Crippen LogP contribution >= 0.6 is 0 Å². The van der Waals surface area contributed by atoms with E-state index in [1.54, 1.807) is 0 Å². The van der Waals surface area contributed by atoms with Crippen molar-refractivity contribution in [3.05, 3.63) is 0 Å². The summed E-state index contributed by atoms with van der Waals surface area (Å²) in [4.78, 5) is 1.96. The molecule has 0 saturated carbocycles. The van der Waals surface area contributed by atoms with Crippen LogP contribution < -0.4 is 4.72 Å². The highest BCUT2D eigenvalue weighted by molar-refractivity contribution is 7.89. The number of nitrogens with zero attached hydrogens (tertiary/aromatic N) is 1. The molecule has 0 rings (SSSR count). The average Bonchev–Trinajstić information content (AvgIpc) is 2.12. The molecular weight excluding hydrogens is 216 g/mol. The molecule has 2 N–H and O–H groups in total. The normalized spacial score (nSPS) is 13.5. The summed E-state index contributed by atoms with van der Waals surface area (Å²) >= 11 is 0. The topological polar surface area (TPSA) is 69.6 Å². The summed E-state index contributed by atoms with van der Waals surface area (Å²) in [5.41, 5.74) is -0.216. The first-order valence-corrected chi connectivity index (χ1v) is 6.62. The third-order valence-electron chi connectivity index (χ3n) is 2.51. The van der Waals surface area contributed by atoms with Crippen LogP contribution in [0.15, 0.2) is 0 Å². The summed E-state index contributed by atoms with van der Waals surface area (Å²) < 4.78 is 25.4. The predicted octanol–water partition coefficient (Wildman–Crippen LogP) is -0.372. The molecule has 0 spiro atoms. The Kier molecular flexibility index (Phi) is 5.72. The largest absolute Gasteiger partial charge is 0.396 e. The Hall–Kier alpha value is -0.170. The van der Waals surface area contributed by atoms with Crippen molar-refractivity contribution in [2.45, 2.75) is 25.8 Å². The standard InChI is InChI=1S/C9H22N2O3S/c1-9(2,11(3)4)8-10-15(13,14)7-5-6-12/h10,12H,5-8H2,1-4H3. The fraction of sp³-hybridized carbons (Fsp3) is 1.00. The number of likely N-dealkylation sites (N-methyl/N-ethyl adjacent to an activating group) is 1. The first-order chi connectivity index (χ1) is 6.71. The zero-order chi connectivity index (χ0) is 12.1. The van der Waals surface area contributed by atoms with Gasteiger partial charge in [0.25, 0.3) is 0 Å². The maximum atomic E-state index is 11.4. The fourth-order valence-electron chi connectivity index (χ4n) is 0.771. The van der Waals surface area contributed by atoms with E-state index in [0.29, 0.717) is 6.54 Å². The smallest absolute Gasteiger partial charge is 0.211 e. The monoisotopic (exact) mass is 238 g/mol. The molecule has 0 aliphatic carbocycles. The lowest BCUT2D eigenvalue weighted by Gasteiger charge is -2.32. The van der Waals surface area contributed by atoms with Crippen molar-refractivity contribution in [1.82, 2.24) is 9.62 Å². The van der Waals surface area contributed by atoms with Gasteiger partial charge in [-0.1, -0.05) is 0 Å². The number of hydrogen-bond donors (Lipinski definition) is 2. The van der Waals surface area contributed by atoms with Crippen LogP contribution in [0.5, 0.6) is 0 Å². The second-order valence-electron chi connectivity index (χ2n) is 4.42. The fourth-order valence-corrected chi connectivity index (χ4v) is 2.00. The summed E-state index contributed by atoms with van der Waals surface area (Å²) in [6.07, 6.45) is 0.276. The Morgan fingerprint density at radius 3 is 2.27 bits per heavy atom. The van der Waals surface area contributed by atoms with Gasteiger partial charge in [-0.15, -0.1) is 0 Å². The van der Waals surface area contributed by atoms with E-state index >= 15 is 0 Å². The van der Waals surface area contributed by atoms with Gasteiger partial charge in [0.15, 0.2) is 0 Å². The van der Waals surface area contributed by atoms with Gasteiger partial charge in [0, 0.05) is 18.7 Å². The Morgan fingerprint density at radius 1 is 1.33 bits per heavy atom. The van der Waals surface area contributed by atoms with Crippen LogP contribution in [0, 0.1) is 0 Å². The lowest BCUT2D eigenvalue weighted by Crippen LogP contribution is -2.48. The van der Waals surface area contributed by atoms with Gasteiger partial charge < -0.3 is 10.0 Å². The van der Waals surface area contributed by atoms with Crippen LogP contribution in [0.2, 0.25) is 0 Å². The van der Waals surface area contributed by atoms with Gasteiger partial charge in [-0.3, -0.25) is 0 Å². The molecule has 15 heavy (non-hydrogen) atoms. The SMILES string of the molecule is CN(C)C(C)(C)CNS(=O)(=O)CCCO. The number of aliphatic hydroxyl groups excluding tert-OH is 1. The Bertz CT molecular complexity index is 273. The zero-order valence-corrected chi connectivity index (χ0v) is 10.8. The van der Waals surface area contributed by atoms with E-state index in [9.17, 15) is 8.42 Å². The van der Waals surface area contributed by atoms with Gasteiger partial charge >= 0.3 is 0 Å². The van der Waals surface area contributed by atoms with Crippen molar-refractivity contribution in [2.24, 2.45) is 0 Å². The molecule has 6 heteroatoms. The molecule has 0 fully saturated rings. The number of sulfonamides is 1. The molecule has 0 amide bonds. The predicted molar refractivity (Wildman–Crippen MR) is 61.3 cm³/mol. The summed E-state index contributed by atoms with van der Waals surface area (Å²) in [7, 11) is 0.562. The number of rotatable bonds is 7. The molecule has 0 aromatic rings. The van der Waals surface area contributed by atoms with E-state index in [2.05, 4.69) is 4.72 Å². The number of hydrogen-bond acceptors (Lipinski definition) is 4. The minimum Gasteiger partial charge on any atom is -0.396 e. The maximum Gasteiger partial charge on any atom is 0.211 e. The quantitative estimate of drug-likeness (QED) is 0.635. The average molecular weight is 238 g/mol. The maximum absolute atomic E-state index is 11.4. The highest BCUT2D eigenvalue weighted by Crippen LogP contribution is 2.08. The van der Waals surface area contributed by atoms with E-state index in [1.165, 1.54) is 0 Å². The molecule has 0 unspecified atom stereocenters. The highest BCUT2D eigenvalue weighted by atomic mass is 32.2. The van der Waals surface area contributed by atoms with Crippen molar-refractivity contribution >= 4 is 10.0 Å². The van der Waals surface area contributed by atoms with Gasteiger partial charge in [0.1, 0.15) is 0 Å². The summed E-state index contributed by atoms with van der Waals surface area (Å²) in [6.45, 7) is 4.19. The van der Waals surface area contributed by atoms with Gasteiger partial charge in [-0.25, -0.2) is 13.1 Å². The number of aliphatic hydroxyl groups is 1. The van der Waals surface area contributed by atoms with Crippen molar-refractivity contribution in [2.75, 3.05) is 33.0 Å². The molecule has 0 aromatic carbocycles. The Morgan fingerprint density at radius 2 is 1.87 bits per heavy atom. The van der Waals surface area contributed by atoms with Crippen LogP contribution in [-0.4, -0.2) is 57.0 Å². The molecule has 92 valence electrons. The minimum absolute atomic E-state index is 0.0208. The van der Waals surface area contributed by atoms with Gasteiger partial charge in [0.05, 0.1) is 5.75 Å². The number of nitrogens with one attached hydrogen (secondary N) is 1. The van der Waals surface area contributed by atoms with E-state index in [1.807, 2.05) is 32.8 Å². The van der Waals surface area contributed by atoms with Gasteiger partial charge in [0.2, 0.25) is 10.0 Å². The minimum atomic E-state index is -3.25. The molecule has 0 aliphatic heterocycles. The van der Waals surface area contributed by atoms with Crippen molar-refractivity contribution < 1.29 is 13.5 Å². The molecule has 5 nitrogen and oxygen atoms in total. The Labute approximate surface area is 92.5 Å². The van der Waals surface area contributed by atoms with Gasteiger partial charge in [-0.05, 0) is 34.4 Å². The summed E-state index contributed by atoms with van der Waals surface area (Å²) in [6, 6.07) is 0. The molecule has 0 aliphatic rings. The molecule has 0 radical (unpaired) electrons. The molecule has 0 saturated heterocycles. The second-order valence-corrected chi connectivity index (χ2v) is 6.35. The summed E-state index contributed by atoms with van der Waals surface area (Å²) in [5.74, 6) is -0.0208. The van der Waals surface area contributed by atoms with Crippen LogP contribution in [0.1, 0.15) is 20.3 Å². The highest BCUT2D eigenvalue weighted by Gasteiger charge is 2.22. The van der Waals surface area contributed by atoms with Crippen molar-refractivity contribution in [3.63, 3.8) is 0 Å². The first kappa shape index (κ1) is 14.8. The van der Waals surface area contributed by atoms with Crippen LogP contribution in [-0.2, 0) is 10.0 Å². The summed E-state index contributed by atoms with van der Waals surface area (Å²) in [5, 5.41) is 8.55. The first-order valence-electron chi connectivity index (χ1n) is 4.97. The van der Waals surface area contributed by atoms with Crippen molar-refractivity contribution in [3.8, 4) is 0 Å². The third-order valence-corrected chi connectivity index (χ3v) is 3.92. The van der Waals surface area contributed by atoms with Crippen LogP contribution in [0.4, 0.5) is 0 Å². The molecular formula is C9H22N2O3S. The van der Waals surface area contributed by atoms with E-state index in [0.717, 1.165) is 0 Å². The Balaban J connectivity index is 4.15. The van der Waals surface area contributed by atoms with Crippen LogP contribution in [0.3, 0.4) is 0 Å². The molecule has 0 aromatic heterocycles. The molecule has 0 heterocycles. The van der Waals surface area contributed by atoms with E-state index in [4.69, 9.17) is 5.11 Å². The lowest BCUT2D eigenvalue weighted by molar-refractivity contribution is 0.198. The molecule has 0 atom stereocenters. The van der Waals surface area contributed by atoms with E-state index < -0.39 is 10.0 Å². The molecule has 0 bridgehead atoms. The van der Waals surface area contributed by atoms with E-state index in [-0.39, 0.29) is 24.3 Å². The van der Waals surface area contributed by atoms with Crippen LogP contribution in [0.25, 0.3) is 0 Å². The third kappa shape index (κ3) is 6.09. The lowest BCUT2D eigenvalue weighted by atomic mass is 10.1. The zero-order valence-electron chi connectivity index (χ0n) is 9.95.